The summed E-state index contributed by atoms with van der Waals surface area (Å²) in [6.07, 6.45) is 0. The zero-order valence-corrected chi connectivity index (χ0v) is 12.8. The SMILES string of the molecule is Cc1cc(F)ccc1NS(=O)(=O)c1ccc(Cl)c(CN)c1. The molecule has 0 bridgehead atoms. The van der Waals surface area contributed by atoms with Crippen molar-refractivity contribution in [2.45, 2.75) is 18.4 Å². The Labute approximate surface area is 127 Å². The Morgan fingerprint density at radius 3 is 2.57 bits per heavy atom. The van der Waals surface area contributed by atoms with Gasteiger partial charge in [0.15, 0.2) is 0 Å². The summed E-state index contributed by atoms with van der Waals surface area (Å²) in [6, 6.07) is 8.12. The van der Waals surface area contributed by atoms with Crippen LogP contribution in [-0.2, 0) is 16.6 Å². The number of hydrogen-bond donors (Lipinski definition) is 2. The van der Waals surface area contributed by atoms with Gasteiger partial charge in [0, 0.05) is 11.6 Å². The van der Waals surface area contributed by atoms with E-state index in [2.05, 4.69) is 4.72 Å². The molecule has 2 aromatic rings. The number of halogens is 2. The quantitative estimate of drug-likeness (QED) is 0.906. The van der Waals surface area contributed by atoms with E-state index in [9.17, 15) is 12.8 Å². The number of hydrogen-bond acceptors (Lipinski definition) is 3. The summed E-state index contributed by atoms with van der Waals surface area (Å²) in [4.78, 5) is 0.0519. The molecule has 0 saturated carbocycles. The van der Waals surface area contributed by atoms with Gasteiger partial charge in [-0.25, -0.2) is 12.8 Å². The smallest absolute Gasteiger partial charge is 0.261 e. The maximum absolute atomic E-state index is 13.0. The second kappa shape index (κ2) is 6.01. The molecule has 0 radical (unpaired) electrons. The molecule has 0 unspecified atom stereocenters. The van der Waals surface area contributed by atoms with Crippen LogP contribution in [0.2, 0.25) is 5.02 Å². The summed E-state index contributed by atoms with van der Waals surface area (Å²) in [6.45, 7) is 1.76. The molecule has 2 aromatic carbocycles. The van der Waals surface area contributed by atoms with Crippen LogP contribution in [-0.4, -0.2) is 8.42 Å². The third-order valence-corrected chi connectivity index (χ3v) is 4.71. The van der Waals surface area contributed by atoms with Crippen molar-refractivity contribution in [3.05, 3.63) is 58.4 Å². The van der Waals surface area contributed by atoms with Gasteiger partial charge in [-0.1, -0.05) is 11.6 Å². The molecule has 0 spiro atoms. The van der Waals surface area contributed by atoms with E-state index in [1.54, 1.807) is 6.92 Å². The van der Waals surface area contributed by atoms with Crippen LogP contribution in [0.4, 0.5) is 10.1 Å². The number of nitrogens with two attached hydrogens (primary N) is 1. The van der Waals surface area contributed by atoms with Crippen molar-refractivity contribution in [1.82, 2.24) is 0 Å². The van der Waals surface area contributed by atoms with Gasteiger partial charge < -0.3 is 5.73 Å². The Morgan fingerprint density at radius 1 is 1.24 bits per heavy atom. The maximum Gasteiger partial charge on any atom is 0.261 e. The minimum atomic E-state index is -3.78. The zero-order valence-electron chi connectivity index (χ0n) is 11.2. The predicted octanol–water partition coefficient (Wildman–Crippen LogP) is 3.05. The van der Waals surface area contributed by atoms with Crippen LogP contribution in [0.15, 0.2) is 41.3 Å². The lowest BCUT2D eigenvalue weighted by atomic mass is 10.2. The van der Waals surface area contributed by atoms with Gasteiger partial charge in [0.05, 0.1) is 10.6 Å². The van der Waals surface area contributed by atoms with Crippen molar-refractivity contribution >= 4 is 27.3 Å². The highest BCUT2D eigenvalue weighted by Gasteiger charge is 2.16. The molecule has 0 fully saturated rings. The molecule has 2 rings (SSSR count). The van der Waals surface area contributed by atoms with E-state index < -0.39 is 15.8 Å². The predicted molar refractivity (Wildman–Crippen MR) is 81.3 cm³/mol. The van der Waals surface area contributed by atoms with Crippen LogP contribution >= 0.6 is 11.6 Å². The Hall–Kier alpha value is -1.63. The number of nitrogens with one attached hydrogen (secondary N) is 1. The minimum absolute atomic E-state index is 0.0519. The maximum atomic E-state index is 13.0. The molecular weight excluding hydrogens is 315 g/mol. The van der Waals surface area contributed by atoms with Gasteiger partial charge in [-0.3, -0.25) is 4.72 Å². The first kappa shape index (κ1) is 15.8. The van der Waals surface area contributed by atoms with Gasteiger partial charge in [-0.05, 0) is 54.4 Å². The Balaban J connectivity index is 2.38. The fourth-order valence-corrected chi connectivity index (χ4v) is 3.20. The normalized spacial score (nSPS) is 11.4. The van der Waals surface area contributed by atoms with E-state index in [1.807, 2.05) is 0 Å². The van der Waals surface area contributed by atoms with Gasteiger partial charge in [-0.2, -0.15) is 0 Å². The van der Waals surface area contributed by atoms with Gasteiger partial charge in [0.25, 0.3) is 10.0 Å². The highest BCUT2D eigenvalue weighted by atomic mass is 35.5. The van der Waals surface area contributed by atoms with E-state index in [-0.39, 0.29) is 11.4 Å². The first-order chi connectivity index (χ1) is 9.83. The standard InChI is InChI=1S/C14H14ClFN2O2S/c1-9-6-11(16)2-5-14(9)18-21(19,20)12-3-4-13(15)10(7-12)8-17/h2-7,18H,8,17H2,1H3. The Bertz CT molecular complexity index is 779. The summed E-state index contributed by atoms with van der Waals surface area (Å²) in [5.41, 5.74) is 6.86. The topological polar surface area (TPSA) is 72.2 Å². The molecule has 4 nitrogen and oxygen atoms in total. The lowest BCUT2D eigenvalue weighted by molar-refractivity contribution is 0.600. The van der Waals surface area contributed by atoms with Gasteiger partial charge in [0.2, 0.25) is 0 Å². The molecule has 0 amide bonds. The van der Waals surface area contributed by atoms with Gasteiger partial charge in [0.1, 0.15) is 5.82 Å². The fraction of sp³-hybridized carbons (Fsp3) is 0.143. The molecule has 0 aromatic heterocycles. The lowest BCUT2D eigenvalue weighted by Crippen LogP contribution is -2.14. The van der Waals surface area contributed by atoms with Crippen LogP contribution < -0.4 is 10.5 Å². The van der Waals surface area contributed by atoms with Crippen LogP contribution in [0.1, 0.15) is 11.1 Å². The lowest BCUT2D eigenvalue weighted by Gasteiger charge is -2.12. The monoisotopic (exact) mass is 328 g/mol. The molecule has 0 saturated heterocycles. The second-order valence-corrected chi connectivity index (χ2v) is 6.61. The van der Waals surface area contributed by atoms with Crippen molar-refractivity contribution in [3.8, 4) is 0 Å². The number of aryl methyl sites for hydroxylation is 1. The number of rotatable bonds is 4. The van der Waals surface area contributed by atoms with Gasteiger partial charge in [-0.15, -0.1) is 0 Å². The van der Waals surface area contributed by atoms with E-state index in [0.29, 0.717) is 21.8 Å². The van der Waals surface area contributed by atoms with Crippen molar-refractivity contribution in [2.75, 3.05) is 4.72 Å². The summed E-state index contributed by atoms with van der Waals surface area (Å²) < 4.78 is 40.1. The van der Waals surface area contributed by atoms with Crippen LogP contribution in [0.3, 0.4) is 0 Å². The van der Waals surface area contributed by atoms with Crippen LogP contribution in [0, 0.1) is 12.7 Å². The average molecular weight is 329 g/mol. The molecule has 112 valence electrons. The summed E-state index contributed by atoms with van der Waals surface area (Å²) in [5, 5.41) is 0.411. The Morgan fingerprint density at radius 2 is 1.95 bits per heavy atom. The fourth-order valence-electron chi connectivity index (χ4n) is 1.82. The molecule has 7 heteroatoms. The Kier molecular flexibility index (Phi) is 4.51. The van der Waals surface area contributed by atoms with E-state index in [0.717, 1.165) is 0 Å². The molecule has 0 aliphatic heterocycles. The zero-order chi connectivity index (χ0) is 15.6. The van der Waals surface area contributed by atoms with Crippen LogP contribution in [0.25, 0.3) is 0 Å². The third kappa shape index (κ3) is 3.53. The summed E-state index contributed by atoms with van der Waals surface area (Å²) in [5.74, 6) is -0.424. The molecular formula is C14H14ClFN2O2S. The van der Waals surface area contributed by atoms with Gasteiger partial charge >= 0.3 is 0 Å². The van der Waals surface area contributed by atoms with Crippen LogP contribution in [0.5, 0.6) is 0 Å². The van der Waals surface area contributed by atoms with Crippen molar-refractivity contribution < 1.29 is 12.8 Å². The third-order valence-electron chi connectivity index (χ3n) is 2.98. The molecule has 0 aliphatic rings. The molecule has 21 heavy (non-hydrogen) atoms. The summed E-state index contributed by atoms with van der Waals surface area (Å²) >= 11 is 5.91. The largest absolute Gasteiger partial charge is 0.326 e. The minimum Gasteiger partial charge on any atom is -0.326 e. The summed E-state index contributed by atoms with van der Waals surface area (Å²) in [7, 11) is -3.78. The molecule has 0 aliphatic carbocycles. The highest BCUT2D eigenvalue weighted by molar-refractivity contribution is 7.92. The van der Waals surface area contributed by atoms with E-state index in [4.69, 9.17) is 17.3 Å². The molecule has 0 heterocycles. The average Bonchev–Trinajstić information content (AvgIpc) is 2.42. The highest BCUT2D eigenvalue weighted by Crippen LogP contribution is 2.23. The molecule has 0 atom stereocenters. The number of sulfonamides is 1. The first-order valence-corrected chi connectivity index (χ1v) is 7.97. The second-order valence-electron chi connectivity index (χ2n) is 4.52. The van der Waals surface area contributed by atoms with E-state index >= 15 is 0 Å². The van der Waals surface area contributed by atoms with Crippen molar-refractivity contribution in [3.63, 3.8) is 0 Å². The van der Waals surface area contributed by atoms with Crippen molar-refractivity contribution in [1.29, 1.82) is 0 Å². The van der Waals surface area contributed by atoms with E-state index in [1.165, 1.54) is 36.4 Å². The first-order valence-electron chi connectivity index (χ1n) is 6.11. The molecule has 3 N–H and O–H groups in total. The number of benzene rings is 2. The van der Waals surface area contributed by atoms with Crippen molar-refractivity contribution in [2.24, 2.45) is 5.73 Å². The number of anilines is 1.